The molecule has 2 aliphatic heterocycles. The number of esters is 1. The number of nitrogens with two attached hydrogens (primary N) is 1. The van der Waals surface area contributed by atoms with E-state index in [1.807, 2.05) is 24.3 Å². The quantitative estimate of drug-likeness (QED) is 0.369. The monoisotopic (exact) mass is 586 g/mol. The number of carbonyl (C=O) groups excluding carboxylic acids is 2. The Bertz CT molecular complexity index is 968. The predicted molar refractivity (Wildman–Crippen MR) is 129 cm³/mol. The molecule has 0 spiro atoms. The van der Waals surface area contributed by atoms with E-state index in [2.05, 4.69) is 41.8 Å². The van der Waals surface area contributed by atoms with Crippen molar-refractivity contribution in [3.05, 3.63) is 56.0 Å². The number of pyridine rings is 2. The average molecular weight is 588 g/mol. The Morgan fingerprint density at radius 2 is 1.39 bits per heavy atom. The van der Waals surface area contributed by atoms with Crippen LogP contribution in [0.4, 0.5) is 0 Å². The van der Waals surface area contributed by atoms with E-state index in [0.29, 0.717) is 39.0 Å². The first-order valence-electron chi connectivity index (χ1n) is 10.3. The Kier molecular flexibility index (Phi) is 10.8. The molecule has 4 rings (SSSR count). The van der Waals surface area contributed by atoms with Crippen molar-refractivity contribution in [1.29, 1.82) is 0 Å². The molecular weight excluding hydrogens is 560 g/mol. The van der Waals surface area contributed by atoms with Crippen molar-refractivity contribution in [2.75, 3.05) is 33.0 Å². The summed E-state index contributed by atoms with van der Waals surface area (Å²) < 4.78 is 16.5. The van der Waals surface area contributed by atoms with E-state index in [1.54, 1.807) is 6.92 Å². The molecule has 180 valence electrons. The highest BCUT2D eigenvalue weighted by Gasteiger charge is 2.23. The van der Waals surface area contributed by atoms with Crippen molar-refractivity contribution >= 4 is 43.7 Å². The van der Waals surface area contributed by atoms with Crippen LogP contribution in [0.1, 0.15) is 39.0 Å². The highest BCUT2D eigenvalue weighted by Crippen LogP contribution is 2.22. The Morgan fingerprint density at radius 1 is 0.939 bits per heavy atom. The lowest BCUT2D eigenvalue weighted by Gasteiger charge is -2.26. The van der Waals surface area contributed by atoms with E-state index in [1.165, 1.54) is 0 Å². The molecule has 4 heterocycles. The van der Waals surface area contributed by atoms with E-state index >= 15 is 0 Å². The standard InChI is InChI=1S/C12H14BrNO3.C10H11BrN2O2.H3N/c1-2-17-12(15)11-9(3-4-10(13)14-11)5-8-6-16-7-8;11-8-2-1-7(3-6-4-15-5-6)9(13-8)10(12)14;/h3-4,8H,2,5-7H2,1H3;1-2,6H,3-5H2,(H2,12,14);1H3. The highest BCUT2D eigenvalue weighted by molar-refractivity contribution is 9.10. The zero-order valence-electron chi connectivity index (χ0n) is 18.4. The van der Waals surface area contributed by atoms with Gasteiger partial charge in [-0.1, -0.05) is 12.1 Å². The van der Waals surface area contributed by atoms with Crippen LogP contribution in [-0.2, 0) is 27.1 Å². The second-order valence-electron chi connectivity index (χ2n) is 7.58. The van der Waals surface area contributed by atoms with Crippen LogP contribution < -0.4 is 11.9 Å². The smallest absolute Gasteiger partial charge is 0.357 e. The van der Waals surface area contributed by atoms with Crippen LogP contribution in [0, 0.1) is 11.8 Å². The molecule has 33 heavy (non-hydrogen) atoms. The fourth-order valence-corrected chi connectivity index (χ4v) is 3.89. The molecule has 0 radical (unpaired) electrons. The van der Waals surface area contributed by atoms with Crippen molar-refractivity contribution in [2.24, 2.45) is 17.6 Å². The van der Waals surface area contributed by atoms with Crippen LogP contribution in [0.3, 0.4) is 0 Å². The van der Waals surface area contributed by atoms with E-state index in [4.69, 9.17) is 19.9 Å². The van der Waals surface area contributed by atoms with Crippen molar-refractivity contribution < 1.29 is 23.8 Å². The molecule has 5 N–H and O–H groups in total. The molecule has 2 aromatic rings. The number of hydrogen-bond donors (Lipinski definition) is 2. The number of hydrogen-bond acceptors (Lipinski definition) is 8. The maximum Gasteiger partial charge on any atom is 0.357 e. The van der Waals surface area contributed by atoms with Gasteiger partial charge in [-0.2, -0.15) is 0 Å². The molecule has 2 saturated heterocycles. The third-order valence-electron chi connectivity index (χ3n) is 5.02. The number of ether oxygens (including phenoxy) is 3. The molecule has 0 atom stereocenters. The second-order valence-corrected chi connectivity index (χ2v) is 9.21. The summed E-state index contributed by atoms with van der Waals surface area (Å²) in [6.45, 7) is 5.19. The largest absolute Gasteiger partial charge is 0.461 e. The minimum atomic E-state index is -0.480. The van der Waals surface area contributed by atoms with Crippen LogP contribution in [0.25, 0.3) is 0 Å². The molecule has 0 saturated carbocycles. The van der Waals surface area contributed by atoms with Gasteiger partial charge < -0.3 is 26.1 Å². The van der Waals surface area contributed by atoms with Crippen molar-refractivity contribution in [3.63, 3.8) is 0 Å². The minimum Gasteiger partial charge on any atom is -0.461 e. The summed E-state index contributed by atoms with van der Waals surface area (Å²) in [7, 11) is 0. The molecule has 0 aromatic carbocycles. The maximum absolute atomic E-state index is 11.8. The summed E-state index contributed by atoms with van der Waals surface area (Å²) in [5.74, 6) is 0.146. The molecular formula is C22H28Br2N4O5. The fraction of sp³-hybridized carbons (Fsp3) is 0.455. The summed E-state index contributed by atoms with van der Waals surface area (Å²) in [6.07, 6.45) is 1.62. The van der Waals surface area contributed by atoms with Crippen molar-refractivity contribution in [3.8, 4) is 0 Å². The first-order chi connectivity index (χ1) is 15.4. The Morgan fingerprint density at radius 3 is 1.79 bits per heavy atom. The number of aromatic nitrogens is 2. The first kappa shape index (κ1) is 27.3. The number of nitrogens with zero attached hydrogens (tertiary/aromatic N) is 2. The van der Waals surface area contributed by atoms with Gasteiger partial charge in [-0.3, -0.25) is 4.79 Å². The minimum absolute atomic E-state index is 0. The lowest BCUT2D eigenvalue weighted by Crippen LogP contribution is -2.30. The van der Waals surface area contributed by atoms with Crippen LogP contribution in [-0.4, -0.2) is 54.9 Å². The summed E-state index contributed by atoms with van der Waals surface area (Å²) in [5.41, 5.74) is 7.87. The zero-order chi connectivity index (χ0) is 23.1. The van der Waals surface area contributed by atoms with E-state index < -0.39 is 5.91 Å². The topological polar surface area (TPSA) is 149 Å². The molecule has 11 heteroatoms. The predicted octanol–water partition coefficient (Wildman–Crippen LogP) is 3.50. The summed E-state index contributed by atoms with van der Waals surface area (Å²) in [6, 6.07) is 7.47. The van der Waals surface area contributed by atoms with Crippen LogP contribution >= 0.6 is 31.9 Å². The summed E-state index contributed by atoms with van der Waals surface area (Å²) in [4.78, 5) is 31.2. The van der Waals surface area contributed by atoms with E-state index in [9.17, 15) is 9.59 Å². The number of rotatable bonds is 7. The van der Waals surface area contributed by atoms with Gasteiger partial charge in [0.2, 0.25) is 0 Å². The first-order valence-corrected chi connectivity index (χ1v) is 11.9. The van der Waals surface area contributed by atoms with Gasteiger partial charge >= 0.3 is 5.97 Å². The van der Waals surface area contributed by atoms with Gasteiger partial charge in [0.15, 0.2) is 5.69 Å². The Hall–Kier alpha value is -1.92. The molecule has 2 fully saturated rings. The number of carbonyl (C=O) groups is 2. The van der Waals surface area contributed by atoms with Gasteiger partial charge in [-0.25, -0.2) is 14.8 Å². The van der Waals surface area contributed by atoms with Crippen LogP contribution in [0.2, 0.25) is 0 Å². The van der Waals surface area contributed by atoms with E-state index in [-0.39, 0.29) is 12.1 Å². The van der Waals surface area contributed by atoms with Crippen molar-refractivity contribution in [2.45, 2.75) is 19.8 Å². The Labute approximate surface area is 209 Å². The van der Waals surface area contributed by atoms with Gasteiger partial charge in [0, 0.05) is 11.8 Å². The molecule has 1 amide bonds. The molecule has 2 aliphatic rings. The lowest BCUT2D eigenvalue weighted by atomic mass is 9.97. The fourth-order valence-electron chi connectivity index (χ4n) is 3.27. The van der Waals surface area contributed by atoms with Crippen LogP contribution in [0.5, 0.6) is 0 Å². The lowest BCUT2D eigenvalue weighted by molar-refractivity contribution is -0.0314. The highest BCUT2D eigenvalue weighted by atomic mass is 79.9. The molecule has 2 aromatic heterocycles. The average Bonchev–Trinajstić information content (AvgIpc) is 2.69. The zero-order valence-corrected chi connectivity index (χ0v) is 21.6. The molecule has 0 unspecified atom stereocenters. The normalized spacial score (nSPS) is 15.2. The van der Waals surface area contributed by atoms with Gasteiger partial charge in [0.1, 0.15) is 14.9 Å². The third kappa shape index (κ3) is 7.82. The number of amides is 1. The van der Waals surface area contributed by atoms with Gasteiger partial charge in [0.25, 0.3) is 5.91 Å². The van der Waals surface area contributed by atoms with Crippen LogP contribution in [0.15, 0.2) is 33.5 Å². The SMILES string of the molecule is CCOC(=O)c1nc(Br)ccc1CC1COC1.N.NC(=O)c1nc(Br)ccc1CC1COC1. The van der Waals surface area contributed by atoms with Crippen molar-refractivity contribution in [1.82, 2.24) is 16.1 Å². The molecule has 9 nitrogen and oxygen atoms in total. The summed E-state index contributed by atoms with van der Waals surface area (Å²) >= 11 is 6.49. The number of primary amides is 1. The van der Waals surface area contributed by atoms with E-state index in [0.717, 1.165) is 50.4 Å². The Balaban J connectivity index is 0.000000228. The van der Waals surface area contributed by atoms with Gasteiger partial charge in [0.05, 0.1) is 33.0 Å². The molecule has 0 aliphatic carbocycles. The molecule has 0 bridgehead atoms. The number of halogens is 2. The maximum atomic E-state index is 11.8. The van der Waals surface area contributed by atoms with Gasteiger partial charge in [-0.15, -0.1) is 0 Å². The van der Waals surface area contributed by atoms with Gasteiger partial charge in [-0.05, 0) is 74.9 Å². The third-order valence-corrected chi connectivity index (χ3v) is 5.91. The second kappa shape index (κ2) is 13.1. The summed E-state index contributed by atoms with van der Waals surface area (Å²) in [5, 5.41) is 0.